The fourth-order valence-electron chi connectivity index (χ4n) is 2.62. The van der Waals surface area contributed by atoms with Crippen LogP contribution >= 0.6 is 28.1 Å². The van der Waals surface area contributed by atoms with Crippen molar-refractivity contribution in [1.29, 1.82) is 0 Å². The van der Waals surface area contributed by atoms with E-state index in [1.54, 1.807) is 0 Å². The number of nitrogens with zero attached hydrogens (tertiary/aromatic N) is 1. The highest BCUT2D eigenvalue weighted by Crippen LogP contribution is 2.31. The molecule has 0 amide bonds. The molecule has 102 valence electrons. The van der Waals surface area contributed by atoms with Crippen LogP contribution in [0.1, 0.15) is 16.7 Å². The van der Waals surface area contributed by atoms with E-state index in [2.05, 4.69) is 51.2 Å². The first-order chi connectivity index (χ1) is 9.65. The SMILES string of the molecule is NC(=S)c1ccc(N2CCc3ccccc3C2)c(Br)c1. The number of rotatable bonds is 2. The first-order valence-electron chi connectivity index (χ1n) is 6.56. The lowest BCUT2D eigenvalue weighted by Crippen LogP contribution is -2.30. The summed E-state index contributed by atoms with van der Waals surface area (Å²) in [7, 11) is 0. The summed E-state index contributed by atoms with van der Waals surface area (Å²) in [5.41, 5.74) is 10.6. The monoisotopic (exact) mass is 346 g/mol. The van der Waals surface area contributed by atoms with Gasteiger partial charge in [0, 0.05) is 23.1 Å². The van der Waals surface area contributed by atoms with Crippen LogP contribution in [0, 0.1) is 0 Å². The molecule has 0 fully saturated rings. The molecule has 2 nitrogen and oxygen atoms in total. The van der Waals surface area contributed by atoms with Crippen molar-refractivity contribution >= 4 is 38.8 Å². The molecule has 2 aromatic carbocycles. The molecule has 1 aliphatic heterocycles. The van der Waals surface area contributed by atoms with E-state index in [9.17, 15) is 0 Å². The fraction of sp³-hybridized carbons (Fsp3) is 0.188. The van der Waals surface area contributed by atoms with E-state index in [1.165, 1.54) is 16.8 Å². The second kappa shape index (κ2) is 5.54. The van der Waals surface area contributed by atoms with Crippen molar-refractivity contribution in [2.24, 2.45) is 5.73 Å². The number of thiocarbonyl (C=S) groups is 1. The first-order valence-corrected chi connectivity index (χ1v) is 7.76. The largest absolute Gasteiger partial charge is 0.389 e. The third-order valence-corrected chi connectivity index (χ3v) is 4.57. The van der Waals surface area contributed by atoms with Crippen molar-refractivity contribution in [3.05, 3.63) is 63.6 Å². The fourth-order valence-corrected chi connectivity index (χ4v) is 3.37. The molecule has 1 heterocycles. The van der Waals surface area contributed by atoms with Crippen LogP contribution in [0.4, 0.5) is 5.69 Å². The topological polar surface area (TPSA) is 29.3 Å². The van der Waals surface area contributed by atoms with E-state index in [1.807, 2.05) is 12.1 Å². The van der Waals surface area contributed by atoms with Gasteiger partial charge < -0.3 is 10.6 Å². The van der Waals surface area contributed by atoms with Gasteiger partial charge in [-0.15, -0.1) is 0 Å². The lowest BCUT2D eigenvalue weighted by molar-refractivity contribution is 0.730. The summed E-state index contributed by atoms with van der Waals surface area (Å²) in [6.45, 7) is 1.98. The molecule has 0 spiro atoms. The molecule has 1 aliphatic rings. The minimum atomic E-state index is 0.432. The summed E-state index contributed by atoms with van der Waals surface area (Å²) in [4.78, 5) is 2.82. The summed E-state index contributed by atoms with van der Waals surface area (Å²) >= 11 is 8.65. The molecule has 0 aliphatic carbocycles. The number of halogens is 1. The zero-order chi connectivity index (χ0) is 14.1. The van der Waals surface area contributed by atoms with Gasteiger partial charge in [0.25, 0.3) is 0 Å². The highest BCUT2D eigenvalue weighted by atomic mass is 79.9. The number of benzene rings is 2. The van der Waals surface area contributed by atoms with Crippen molar-refractivity contribution in [3.63, 3.8) is 0 Å². The molecule has 0 aromatic heterocycles. The Labute approximate surface area is 132 Å². The van der Waals surface area contributed by atoms with Gasteiger partial charge in [0.15, 0.2) is 0 Å². The Morgan fingerprint density at radius 1 is 1.15 bits per heavy atom. The molecule has 3 rings (SSSR count). The molecule has 0 bridgehead atoms. The minimum Gasteiger partial charge on any atom is -0.389 e. The lowest BCUT2D eigenvalue weighted by atomic mass is 9.99. The normalized spacial score (nSPS) is 13.9. The maximum absolute atomic E-state index is 5.67. The minimum absolute atomic E-state index is 0.432. The maximum Gasteiger partial charge on any atom is 0.104 e. The zero-order valence-corrected chi connectivity index (χ0v) is 13.4. The number of hydrogen-bond donors (Lipinski definition) is 1. The third-order valence-electron chi connectivity index (χ3n) is 3.70. The Morgan fingerprint density at radius 2 is 1.90 bits per heavy atom. The van der Waals surface area contributed by atoms with E-state index in [0.717, 1.165) is 29.5 Å². The van der Waals surface area contributed by atoms with Gasteiger partial charge in [-0.3, -0.25) is 0 Å². The Balaban J connectivity index is 1.90. The molecule has 4 heteroatoms. The molecular weight excluding hydrogens is 332 g/mol. The van der Waals surface area contributed by atoms with Crippen molar-refractivity contribution in [2.45, 2.75) is 13.0 Å². The van der Waals surface area contributed by atoms with Gasteiger partial charge in [0.1, 0.15) is 4.99 Å². The molecule has 0 saturated carbocycles. The Kier molecular flexibility index (Phi) is 3.76. The predicted octanol–water partition coefficient (Wildman–Crippen LogP) is 3.65. The van der Waals surface area contributed by atoms with E-state index in [4.69, 9.17) is 18.0 Å². The van der Waals surface area contributed by atoms with Crippen LogP contribution in [0.2, 0.25) is 0 Å². The number of hydrogen-bond acceptors (Lipinski definition) is 2. The molecule has 20 heavy (non-hydrogen) atoms. The summed E-state index contributed by atoms with van der Waals surface area (Å²) in [6, 6.07) is 14.7. The van der Waals surface area contributed by atoms with E-state index < -0.39 is 0 Å². The van der Waals surface area contributed by atoms with Gasteiger partial charge in [0.05, 0.1) is 5.69 Å². The zero-order valence-electron chi connectivity index (χ0n) is 11.0. The van der Waals surface area contributed by atoms with E-state index >= 15 is 0 Å². The molecule has 2 aromatic rings. The van der Waals surface area contributed by atoms with Crippen LogP contribution in [0.25, 0.3) is 0 Å². The molecular formula is C16H15BrN2S. The van der Waals surface area contributed by atoms with E-state index in [-0.39, 0.29) is 0 Å². The van der Waals surface area contributed by atoms with Crippen molar-refractivity contribution in [2.75, 3.05) is 11.4 Å². The van der Waals surface area contributed by atoms with Crippen molar-refractivity contribution in [1.82, 2.24) is 0 Å². The highest BCUT2D eigenvalue weighted by molar-refractivity contribution is 9.10. The van der Waals surface area contributed by atoms with Crippen molar-refractivity contribution in [3.8, 4) is 0 Å². The molecule has 2 N–H and O–H groups in total. The third kappa shape index (κ3) is 2.58. The Hall–Kier alpha value is -1.39. The van der Waals surface area contributed by atoms with E-state index in [0.29, 0.717) is 4.99 Å². The van der Waals surface area contributed by atoms with Gasteiger partial charge in [0.2, 0.25) is 0 Å². The van der Waals surface area contributed by atoms with Gasteiger partial charge >= 0.3 is 0 Å². The van der Waals surface area contributed by atoms with Crippen LogP contribution in [0.3, 0.4) is 0 Å². The van der Waals surface area contributed by atoms with Gasteiger partial charge in [-0.25, -0.2) is 0 Å². The maximum atomic E-state index is 5.67. The van der Waals surface area contributed by atoms with Gasteiger partial charge in [-0.2, -0.15) is 0 Å². The highest BCUT2D eigenvalue weighted by Gasteiger charge is 2.18. The summed E-state index contributed by atoms with van der Waals surface area (Å²) < 4.78 is 1.04. The number of anilines is 1. The van der Waals surface area contributed by atoms with Crippen LogP contribution in [-0.2, 0) is 13.0 Å². The van der Waals surface area contributed by atoms with Crippen molar-refractivity contribution < 1.29 is 0 Å². The molecule has 0 saturated heterocycles. The second-order valence-electron chi connectivity index (χ2n) is 4.97. The Bertz CT molecular complexity index is 669. The van der Waals surface area contributed by atoms with Gasteiger partial charge in [-0.05, 0) is 51.7 Å². The molecule has 0 unspecified atom stereocenters. The smallest absolute Gasteiger partial charge is 0.104 e. The van der Waals surface area contributed by atoms with Crippen LogP contribution in [0.15, 0.2) is 46.9 Å². The summed E-state index contributed by atoms with van der Waals surface area (Å²) in [5, 5.41) is 0. The van der Waals surface area contributed by atoms with Crippen LogP contribution in [-0.4, -0.2) is 11.5 Å². The summed E-state index contributed by atoms with van der Waals surface area (Å²) in [6.07, 6.45) is 1.08. The van der Waals surface area contributed by atoms with Gasteiger partial charge in [-0.1, -0.05) is 36.5 Å². The average molecular weight is 347 g/mol. The average Bonchev–Trinajstić information content (AvgIpc) is 2.46. The summed E-state index contributed by atoms with van der Waals surface area (Å²) in [5.74, 6) is 0. The molecule has 0 radical (unpaired) electrons. The second-order valence-corrected chi connectivity index (χ2v) is 6.26. The standard InChI is InChI=1S/C16H15BrN2S/c17-14-9-12(16(18)20)5-6-15(14)19-8-7-11-3-1-2-4-13(11)10-19/h1-6,9H,7-8,10H2,(H2,18,20). The predicted molar refractivity (Wildman–Crippen MR) is 91.2 cm³/mol. The van der Waals surface area contributed by atoms with Crippen LogP contribution < -0.4 is 10.6 Å². The lowest BCUT2D eigenvalue weighted by Gasteiger charge is -2.31. The number of fused-ring (bicyclic) bond motifs is 1. The molecule has 0 atom stereocenters. The van der Waals surface area contributed by atoms with Crippen LogP contribution in [0.5, 0.6) is 0 Å². The quantitative estimate of drug-likeness (QED) is 0.841. The number of nitrogens with two attached hydrogens (primary N) is 1. The Morgan fingerprint density at radius 3 is 2.60 bits per heavy atom. The first kappa shape index (κ1) is 13.6.